The first-order valence-electron chi connectivity index (χ1n) is 14.8. The van der Waals surface area contributed by atoms with E-state index in [9.17, 15) is 28.0 Å². The fourth-order valence-electron chi connectivity index (χ4n) is 5.79. The Labute approximate surface area is 272 Å². The second-order valence-electron chi connectivity index (χ2n) is 10.9. The summed E-state index contributed by atoms with van der Waals surface area (Å²) in [5, 5.41) is 10.3. The monoisotopic (exact) mass is 651 g/mol. The maximum absolute atomic E-state index is 14.1. The van der Waals surface area contributed by atoms with Crippen LogP contribution in [0, 0.1) is 11.3 Å². The first-order valence-corrected chi connectivity index (χ1v) is 15.7. The molecule has 0 N–H and O–H groups in total. The number of para-hydroxylation sites is 1. The molecule has 5 aromatic rings. The highest BCUT2D eigenvalue weighted by Gasteiger charge is 2.35. The van der Waals surface area contributed by atoms with Gasteiger partial charge in [-0.25, -0.2) is 0 Å². The Hall–Kier alpha value is -5.31. The smallest absolute Gasteiger partial charge is 0.335 e. The van der Waals surface area contributed by atoms with Crippen molar-refractivity contribution in [1.82, 2.24) is 19.4 Å². The summed E-state index contributed by atoms with van der Waals surface area (Å²) in [6.07, 6.45) is -1.83. The molecule has 1 amide bonds. The number of pyridine rings is 1. The lowest BCUT2D eigenvalue weighted by Gasteiger charge is -2.39. The predicted molar refractivity (Wildman–Crippen MR) is 174 cm³/mol. The topological polar surface area (TPSA) is 82.2 Å². The molecule has 0 spiro atoms. The van der Waals surface area contributed by atoms with Crippen molar-refractivity contribution in [2.24, 2.45) is 0 Å². The number of hydrogen-bond donors (Lipinski definition) is 0. The Bertz CT molecular complexity index is 2060. The van der Waals surface area contributed by atoms with Gasteiger partial charge in [-0.2, -0.15) is 18.4 Å². The molecule has 0 aliphatic carbocycles. The van der Waals surface area contributed by atoms with Crippen LogP contribution in [-0.4, -0.2) is 51.4 Å². The Kier molecular flexibility index (Phi) is 9.15. The summed E-state index contributed by atoms with van der Waals surface area (Å²) < 4.78 is 43.1. The van der Waals surface area contributed by atoms with Crippen LogP contribution in [0.5, 0.6) is 0 Å². The number of carbonyl (C=O) groups excluding carboxylic acids is 1. The largest absolute Gasteiger partial charge is 0.418 e. The molecule has 3 heterocycles. The minimum atomic E-state index is -4.79. The van der Waals surface area contributed by atoms with E-state index in [4.69, 9.17) is 0 Å². The second-order valence-corrected chi connectivity index (χ2v) is 11.9. The lowest BCUT2D eigenvalue weighted by atomic mass is 9.96. The molecule has 0 radical (unpaired) electrons. The summed E-state index contributed by atoms with van der Waals surface area (Å²) in [6, 6.07) is 31.6. The molecule has 47 heavy (non-hydrogen) atoms. The maximum Gasteiger partial charge on any atom is 0.418 e. The number of hydrogen-bond acceptors (Lipinski definition) is 6. The van der Waals surface area contributed by atoms with Gasteiger partial charge in [-0.3, -0.25) is 24.0 Å². The molecule has 1 aliphatic heterocycles. The highest BCUT2D eigenvalue weighted by molar-refractivity contribution is 7.07. The molecule has 1 saturated heterocycles. The zero-order valence-electron chi connectivity index (χ0n) is 25.0. The van der Waals surface area contributed by atoms with Gasteiger partial charge in [0.15, 0.2) is 5.57 Å². The van der Waals surface area contributed by atoms with E-state index < -0.39 is 34.5 Å². The van der Waals surface area contributed by atoms with Crippen LogP contribution < -0.4 is 14.8 Å². The number of nitriles is 1. The lowest BCUT2D eigenvalue weighted by molar-refractivity contribution is -0.137. The molecular formula is C36H28F3N5O2S. The SMILES string of the molecule is N#CC(C(=O)N1CCN(C(c2ccccc2)c2ccccc2)CC1)=c1sc(=Cc2ccccn2)c(=O)n1-c1ccccc1C(F)(F)F. The quantitative estimate of drug-likeness (QED) is 0.265. The van der Waals surface area contributed by atoms with E-state index in [1.807, 2.05) is 42.5 Å². The average Bonchev–Trinajstić information content (AvgIpc) is 3.41. The first kappa shape index (κ1) is 31.7. The van der Waals surface area contributed by atoms with Gasteiger partial charge in [-0.15, -0.1) is 11.3 Å². The highest BCUT2D eigenvalue weighted by Crippen LogP contribution is 2.33. The molecule has 236 valence electrons. The van der Waals surface area contributed by atoms with Gasteiger partial charge < -0.3 is 4.90 Å². The van der Waals surface area contributed by atoms with Crippen molar-refractivity contribution in [1.29, 1.82) is 5.26 Å². The van der Waals surface area contributed by atoms with Crippen LogP contribution in [0.2, 0.25) is 0 Å². The third-order valence-corrected chi connectivity index (χ3v) is 9.07. The van der Waals surface area contributed by atoms with Crippen molar-refractivity contribution in [2.75, 3.05) is 26.2 Å². The first-order chi connectivity index (χ1) is 22.8. The molecule has 6 rings (SSSR count). The molecule has 1 fully saturated rings. The van der Waals surface area contributed by atoms with Crippen molar-refractivity contribution >= 4 is 28.9 Å². The summed E-state index contributed by atoms with van der Waals surface area (Å²) >= 11 is 0.790. The number of halogens is 3. The minimum absolute atomic E-state index is 0.0367. The van der Waals surface area contributed by atoms with Gasteiger partial charge in [0.1, 0.15) is 10.7 Å². The Morgan fingerprint density at radius 2 is 1.45 bits per heavy atom. The van der Waals surface area contributed by atoms with Crippen molar-refractivity contribution in [2.45, 2.75) is 12.2 Å². The van der Waals surface area contributed by atoms with E-state index in [-0.39, 0.29) is 28.3 Å². The van der Waals surface area contributed by atoms with E-state index in [0.29, 0.717) is 18.8 Å². The summed E-state index contributed by atoms with van der Waals surface area (Å²) in [4.78, 5) is 35.7. The van der Waals surface area contributed by atoms with Gasteiger partial charge in [0.05, 0.1) is 27.5 Å². The fraction of sp³-hybridized carbons (Fsp3) is 0.167. The Balaban J connectivity index is 1.41. The third-order valence-electron chi connectivity index (χ3n) is 7.98. The molecule has 7 nitrogen and oxygen atoms in total. The Morgan fingerprint density at radius 1 is 0.851 bits per heavy atom. The van der Waals surface area contributed by atoms with Gasteiger partial charge >= 0.3 is 6.18 Å². The number of thiazole rings is 1. The van der Waals surface area contributed by atoms with Crippen LogP contribution >= 0.6 is 11.3 Å². The molecule has 0 unspecified atom stereocenters. The zero-order valence-corrected chi connectivity index (χ0v) is 25.8. The normalized spacial score (nSPS) is 15.0. The van der Waals surface area contributed by atoms with E-state index in [1.165, 1.54) is 29.3 Å². The zero-order chi connectivity index (χ0) is 33.0. The van der Waals surface area contributed by atoms with Gasteiger partial charge in [-0.05, 0) is 41.5 Å². The second kappa shape index (κ2) is 13.6. The average molecular weight is 652 g/mol. The molecule has 0 saturated carbocycles. The van der Waals surface area contributed by atoms with Gasteiger partial charge in [0, 0.05) is 32.4 Å². The van der Waals surface area contributed by atoms with Crippen molar-refractivity contribution in [3.63, 3.8) is 0 Å². The summed E-state index contributed by atoms with van der Waals surface area (Å²) in [7, 11) is 0. The number of aromatic nitrogens is 2. The molecular weight excluding hydrogens is 623 g/mol. The fourth-order valence-corrected chi connectivity index (χ4v) is 6.86. The van der Waals surface area contributed by atoms with E-state index in [2.05, 4.69) is 34.1 Å². The number of rotatable bonds is 6. The summed E-state index contributed by atoms with van der Waals surface area (Å²) in [5.41, 5.74) is -0.100. The van der Waals surface area contributed by atoms with Gasteiger partial charge in [0.2, 0.25) is 0 Å². The number of amides is 1. The van der Waals surface area contributed by atoms with Crippen molar-refractivity contribution < 1.29 is 18.0 Å². The third kappa shape index (κ3) is 6.65. The standard InChI is InChI=1S/C36H28F3N5O2S/c37-36(38,39)29-16-7-8-17-30(29)44-34(46)31(23-27-15-9-10-18-41-27)47-35(44)28(24-40)33(45)43-21-19-42(20-22-43)32(25-11-3-1-4-12-25)26-13-5-2-6-14-26/h1-18,23,32H,19-22H2. The molecule has 0 atom stereocenters. The van der Waals surface area contributed by atoms with Crippen LogP contribution in [0.4, 0.5) is 13.2 Å². The number of alkyl halides is 3. The summed E-state index contributed by atoms with van der Waals surface area (Å²) in [5.74, 6) is -0.646. The summed E-state index contributed by atoms with van der Waals surface area (Å²) in [6.45, 7) is 1.54. The van der Waals surface area contributed by atoms with Crippen LogP contribution in [0.25, 0.3) is 17.3 Å². The molecule has 11 heteroatoms. The molecule has 1 aliphatic rings. The van der Waals surface area contributed by atoms with E-state index in [1.54, 1.807) is 18.2 Å². The highest BCUT2D eigenvalue weighted by atomic mass is 32.1. The van der Waals surface area contributed by atoms with Crippen LogP contribution in [0.1, 0.15) is 28.4 Å². The Morgan fingerprint density at radius 3 is 2.02 bits per heavy atom. The number of nitrogens with zero attached hydrogens (tertiary/aromatic N) is 5. The molecule has 2 aromatic heterocycles. The number of piperazine rings is 1. The minimum Gasteiger partial charge on any atom is -0.335 e. The number of carbonyl (C=O) groups is 1. The predicted octanol–water partition coefficient (Wildman–Crippen LogP) is 4.75. The molecule has 3 aromatic carbocycles. The van der Waals surface area contributed by atoms with Gasteiger partial charge in [-0.1, -0.05) is 78.9 Å². The molecule has 0 bridgehead atoms. The van der Waals surface area contributed by atoms with Crippen LogP contribution in [-0.2, 0) is 11.0 Å². The van der Waals surface area contributed by atoms with E-state index in [0.717, 1.165) is 39.2 Å². The van der Waals surface area contributed by atoms with Crippen LogP contribution in [0.15, 0.2) is 114 Å². The van der Waals surface area contributed by atoms with Crippen molar-refractivity contribution in [3.05, 3.63) is 151 Å². The van der Waals surface area contributed by atoms with E-state index >= 15 is 0 Å². The maximum atomic E-state index is 14.1. The van der Waals surface area contributed by atoms with Crippen molar-refractivity contribution in [3.8, 4) is 11.8 Å². The number of benzene rings is 3. The lowest BCUT2D eigenvalue weighted by Crippen LogP contribution is -2.50. The van der Waals surface area contributed by atoms with Crippen LogP contribution in [0.3, 0.4) is 0 Å². The van der Waals surface area contributed by atoms with Gasteiger partial charge in [0.25, 0.3) is 11.5 Å².